The van der Waals surface area contributed by atoms with E-state index in [1.807, 2.05) is 0 Å². The van der Waals surface area contributed by atoms with E-state index in [1.54, 1.807) is 0 Å². The van der Waals surface area contributed by atoms with Gasteiger partial charge in [-0.1, -0.05) is 27.7 Å². The van der Waals surface area contributed by atoms with Gasteiger partial charge in [-0.15, -0.1) is 0 Å². The van der Waals surface area contributed by atoms with Crippen molar-refractivity contribution in [2.24, 2.45) is 23.2 Å². The lowest BCUT2D eigenvalue weighted by atomic mass is 9.98. The first kappa shape index (κ1) is 9.47. The van der Waals surface area contributed by atoms with Crippen LogP contribution in [0.4, 0.5) is 0 Å². The SMILES string of the molecule is CC(C)C[C@H]1O[C@H](O)[C@@H]2[C@H]1C2(C)C. The molecule has 0 aromatic carbocycles. The molecule has 2 aliphatic rings. The summed E-state index contributed by atoms with van der Waals surface area (Å²) < 4.78 is 5.53. The van der Waals surface area contributed by atoms with Crippen molar-refractivity contribution in [1.29, 1.82) is 0 Å². The predicted molar refractivity (Wildman–Crippen MR) is 51.1 cm³/mol. The lowest BCUT2D eigenvalue weighted by molar-refractivity contribution is -0.132. The highest BCUT2D eigenvalue weighted by Crippen LogP contribution is 2.66. The number of hydrogen-bond acceptors (Lipinski definition) is 2. The van der Waals surface area contributed by atoms with Gasteiger partial charge in [0.15, 0.2) is 6.29 Å². The molecule has 13 heavy (non-hydrogen) atoms. The number of fused-ring (bicyclic) bond motifs is 1. The number of ether oxygens (including phenoxy) is 1. The van der Waals surface area contributed by atoms with E-state index in [9.17, 15) is 5.11 Å². The average Bonchev–Trinajstić information content (AvgIpc) is 2.31. The van der Waals surface area contributed by atoms with Crippen LogP contribution in [0.3, 0.4) is 0 Å². The molecule has 0 radical (unpaired) electrons. The predicted octanol–water partition coefficient (Wildman–Crippen LogP) is 2.02. The Morgan fingerprint density at radius 2 is 1.92 bits per heavy atom. The minimum Gasteiger partial charge on any atom is -0.368 e. The summed E-state index contributed by atoms with van der Waals surface area (Å²) in [6.07, 6.45) is 0.889. The molecule has 2 fully saturated rings. The van der Waals surface area contributed by atoms with Crippen LogP contribution in [0.1, 0.15) is 34.1 Å². The molecule has 1 saturated carbocycles. The summed E-state index contributed by atoms with van der Waals surface area (Å²) in [6, 6.07) is 0. The zero-order chi connectivity index (χ0) is 9.80. The van der Waals surface area contributed by atoms with Crippen LogP contribution in [0.5, 0.6) is 0 Å². The highest BCUT2D eigenvalue weighted by atomic mass is 16.6. The molecule has 0 spiro atoms. The van der Waals surface area contributed by atoms with Crippen molar-refractivity contribution in [3.63, 3.8) is 0 Å². The fourth-order valence-electron chi connectivity index (χ4n) is 2.99. The van der Waals surface area contributed by atoms with E-state index >= 15 is 0 Å². The molecule has 2 heteroatoms. The van der Waals surface area contributed by atoms with Crippen molar-refractivity contribution in [3.05, 3.63) is 0 Å². The number of aliphatic hydroxyl groups is 1. The number of rotatable bonds is 2. The smallest absolute Gasteiger partial charge is 0.158 e. The van der Waals surface area contributed by atoms with Crippen LogP contribution in [0.2, 0.25) is 0 Å². The monoisotopic (exact) mass is 184 g/mol. The molecule has 0 aromatic rings. The van der Waals surface area contributed by atoms with Gasteiger partial charge in [0.25, 0.3) is 0 Å². The lowest BCUT2D eigenvalue weighted by Crippen LogP contribution is -2.24. The summed E-state index contributed by atoms with van der Waals surface area (Å²) in [4.78, 5) is 0. The second kappa shape index (κ2) is 2.71. The Hall–Kier alpha value is -0.0800. The molecule has 2 rings (SSSR count). The van der Waals surface area contributed by atoms with E-state index < -0.39 is 6.29 Å². The van der Waals surface area contributed by atoms with E-state index in [2.05, 4.69) is 27.7 Å². The van der Waals surface area contributed by atoms with Crippen LogP contribution >= 0.6 is 0 Å². The van der Waals surface area contributed by atoms with Crippen LogP contribution in [0, 0.1) is 23.2 Å². The Labute approximate surface area is 80.3 Å². The molecule has 4 atom stereocenters. The molecule has 0 aromatic heterocycles. The van der Waals surface area contributed by atoms with Crippen molar-refractivity contribution in [1.82, 2.24) is 0 Å². The van der Waals surface area contributed by atoms with Gasteiger partial charge in [0.2, 0.25) is 0 Å². The third kappa shape index (κ3) is 1.31. The van der Waals surface area contributed by atoms with E-state index in [0.717, 1.165) is 6.42 Å². The molecular formula is C11H20O2. The minimum absolute atomic E-state index is 0.301. The first-order valence-electron chi connectivity index (χ1n) is 5.28. The van der Waals surface area contributed by atoms with E-state index in [1.165, 1.54) is 0 Å². The van der Waals surface area contributed by atoms with Crippen molar-refractivity contribution < 1.29 is 9.84 Å². The van der Waals surface area contributed by atoms with Crippen molar-refractivity contribution in [2.45, 2.75) is 46.5 Å². The standard InChI is InChI=1S/C11H20O2/c1-6(2)5-7-8-9(10(12)13-7)11(8,3)4/h6-10,12H,5H2,1-4H3/t7-,8+,9+,10+/m1/s1. The Kier molecular flexibility index (Phi) is 1.97. The molecule has 2 nitrogen and oxygen atoms in total. The molecule has 0 amide bonds. The Balaban J connectivity index is 2.01. The maximum Gasteiger partial charge on any atom is 0.158 e. The van der Waals surface area contributed by atoms with Gasteiger partial charge < -0.3 is 9.84 Å². The molecule has 0 unspecified atom stereocenters. The maximum absolute atomic E-state index is 9.64. The quantitative estimate of drug-likeness (QED) is 0.711. The fourth-order valence-corrected chi connectivity index (χ4v) is 2.99. The van der Waals surface area contributed by atoms with Crippen LogP contribution in [-0.4, -0.2) is 17.5 Å². The van der Waals surface area contributed by atoms with Gasteiger partial charge in [-0.25, -0.2) is 0 Å². The van der Waals surface area contributed by atoms with Crippen molar-refractivity contribution in [2.75, 3.05) is 0 Å². The summed E-state index contributed by atoms with van der Waals surface area (Å²) in [5.41, 5.74) is 0.317. The average molecular weight is 184 g/mol. The normalized spacial score (nSPS) is 46.6. The molecule has 1 N–H and O–H groups in total. The van der Waals surface area contributed by atoms with Gasteiger partial charge in [0, 0.05) is 5.92 Å². The summed E-state index contributed by atoms with van der Waals surface area (Å²) in [5.74, 6) is 1.66. The topological polar surface area (TPSA) is 29.5 Å². The van der Waals surface area contributed by atoms with E-state index in [0.29, 0.717) is 29.3 Å². The van der Waals surface area contributed by atoms with Gasteiger partial charge in [0.05, 0.1) is 6.10 Å². The largest absolute Gasteiger partial charge is 0.368 e. The number of aliphatic hydroxyl groups excluding tert-OH is 1. The van der Waals surface area contributed by atoms with Gasteiger partial charge in [-0.2, -0.15) is 0 Å². The molecular weight excluding hydrogens is 164 g/mol. The summed E-state index contributed by atoms with van der Waals surface area (Å²) in [5, 5.41) is 9.64. The second-order valence-electron chi connectivity index (χ2n) is 5.57. The minimum atomic E-state index is -0.497. The number of hydrogen-bond donors (Lipinski definition) is 1. The van der Waals surface area contributed by atoms with Gasteiger partial charge in [-0.05, 0) is 23.7 Å². The van der Waals surface area contributed by atoms with Crippen molar-refractivity contribution in [3.8, 4) is 0 Å². The highest BCUT2D eigenvalue weighted by molar-refractivity contribution is 5.13. The third-order valence-corrected chi connectivity index (χ3v) is 3.72. The van der Waals surface area contributed by atoms with E-state index in [4.69, 9.17) is 4.74 Å². The summed E-state index contributed by atoms with van der Waals surface area (Å²) in [7, 11) is 0. The Morgan fingerprint density at radius 1 is 1.31 bits per heavy atom. The van der Waals surface area contributed by atoms with Gasteiger partial charge >= 0.3 is 0 Å². The highest BCUT2D eigenvalue weighted by Gasteiger charge is 2.69. The molecule has 76 valence electrons. The molecule has 1 aliphatic heterocycles. The maximum atomic E-state index is 9.64. The zero-order valence-corrected chi connectivity index (χ0v) is 8.95. The molecule has 1 aliphatic carbocycles. The molecule has 1 saturated heterocycles. The Morgan fingerprint density at radius 3 is 2.31 bits per heavy atom. The first-order valence-corrected chi connectivity index (χ1v) is 5.28. The fraction of sp³-hybridized carbons (Fsp3) is 1.00. The first-order chi connectivity index (χ1) is 5.94. The van der Waals surface area contributed by atoms with Crippen LogP contribution in [0.25, 0.3) is 0 Å². The van der Waals surface area contributed by atoms with Gasteiger partial charge in [-0.3, -0.25) is 0 Å². The summed E-state index contributed by atoms with van der Waals surface area (Å²) in [6.45, 7) is 8.89. The van der Waals surface area contributed by atoms with Crippen molar-refractivity contribution >= 4 is 0 Å². The van der Waals surface area contributed by atoms with E-state index in [-0.39, 0.29) is 0 Å². The molecule has 1 heterocycles. The van der Waals surface area contributed by atoms with Gasteiger partial charge in [0.1, 0.15) is 0 Å². The zero-order valence-electron chi connectivity index (χ0n) is 8.95. The van der Waals surface area contributed by atoms with Crippen LogP contribution in [-0.2, 0) is 4.74 Å². The van der Waals surface area contributed by atoms with Crippen LogP contribution < -0.4 is 0 Å². The second-order valence-corrected chi connectivity index (χ2v) is 5.57. The van der Waals surface area contributed by atoms with Crippen LogP contribution in [0.15, 0.2) is 0 Å². The summed E-state index contributed by atoms with van der Waals surface area (Å²) >= 11 is 0. The Bertz CT molecular complexity index is 210. The lowest BCUT2D eigenvalue weighted by Gasteiger charge is -2.22. The third-order valence-electron chi connectivity index (χ3n) is 3.72. The molecule has 0 bridgehead atoms.